The molecule has 0 aliphatic heterocycles. The van der Waals surface area contributed by atoms with Crippen molar-refractivity contribution >= 4 is 21.6 Å². The highest BCUT2D eigenvalue weighted by Gasteiger charge is 2.16. The Balaban J connectivity index is 1.50. The molecule has 0 spiro atoms. The highest BCUT2D eigenvalue weighted by Crippen LogP contribution is 2.34. The summed E-state index contributed by atoms with van der Waals surface area (Å²) >= 11 is 1.52. The van der Waals surface area contributed by atoms with Crippen LogP contribution in [-0.2, 0) is 19.3 Å². The zero-order valence-corrected chi connectivity index (χ0v) is 18.5. The molecule has 0 amide bonds. The Morgan fingerprint density at radius 1 is 1.00 bits per heavy atom. The first-order valence-corrected chi connectivity index (χ1v) is 11.4. The van der Waals surface area contributed by atoms with E-state index in [2.05, 4.69) is 28.6 Å². The lowest BCUT2D eigenvalue weighted by molar-refractivity contribution is 0.354. The van der Waals surface area contributed by atoms with E-state index in [4.69, 9.17) is 14.5 Å². The van der Waals surface area contributed by atoms with E-state index in [1.807, 2.05) is 18.2 Å². The van der Waals surface area contributed by atoms with Gasteiger partial charge in [0.2, 0.25) is 0 Å². The SMILES string of the molecule is COc1ccc(Cc2nc3scc(-c4ccc5c(c4)CCCC5)c3c(=O)[nH]2)cc1OC. The van der Waals surface area contributed by atoms with E-state index in [9.17, 15) is 4.79 Å². The van der Waals surface area contributed by atoms with Crippen molar-refractivity contribution in [3.8, 4) is 22.6 Å². The van der Waals surface area contributed by atoms with Gasteiger partial charge in [-0.2, -0.15) is 0 Å². The predicted octanol–water partition coefficient (Wildman–Crippen LogP) is 5.14. The van der Waals surface area contributed by atoms with Crippen molar-refractivity contribution in [1.29, 1.82) is 0 Å². The van der Waals surface area contributed by atoms with Gasteiger partial charge in [-0.3, -0.25) is 4.79 Å². The molecule has 0 atom stereocenters. The van der Waals surface area contributed by atoms with Gasteiger partial charge >= 0.3 is 0 Å². The van der Waals surface area contributed by atoms with Crippen LogP contribution in [-0.4, -0.2) is 24.2 Å². The summed E-state index contributed by atoms with van der Waals surface area (Å²) in [5, 5.41) is 2.73. The maximum atomic E-state index is 13.0. The summed E-state index contributed by atoms with van der Waals surface area (Å²) in [7, 11) is 3.23. The Kier molecular flexibility index (Phi) is 5.24. The van der Waals surface area contributed by atoms with Crippen LogP contribution in [0.5, 0.6) is 11.5 Å². The van der Waals surface area contributed by atoms with E-state index in [1.54, 1.807) is 14.2 Å². The van der Waals surface area contributed by atoms with Crippen molar-refractivity contribution in [3.63, 3.8) is 0 Å². The minimum Gasteiger partial charge on any atom is -0.493 e. The number of aryl methyl sites for hydroxylation is 2. The Morgan fingerprint density at radius 3 is 2.61 bits per heavy atom. The van der Waals surface area contributed by atoms with E-state index < -0.39 is 0 Å². The fourth-order valence-corrected chi connectivity index (χ4v) is 5.34. The first-order chi connectivity index (χ1) is 15.2. The fraction of sp³-hybridized carbons (Fsp3) is 0.280. The maximum absolute atomic E-state index is 13.0. The second-order valence-corrected chi connectivity index (χ2v) is 8.76. The minimum atomic E-state index is -0.0885. The molecule has 2 heterocycles. The summed E-state index contributed by atoms with van der Waals surface area (Å²) in [4.78, 5) is 21.5. The molecular weight excluding hydrogens is 408 g/mol. The first-order valence-electron chi connectivity index (χ1n) is 10.5. The molecule has 0 radical (unpaired) electrons. The standard InChI is InChI=1S/C25H24N2O3S/c1-29-20-10-7-15(11-21(20)30-2)12-22-26-24(28)23-19(14-31-25(23)27-22)18-9-8-16-5-3-4-6-17(16)13-18/h7-11,13-14H,3-6,12H2,1-2H3,(H,26,27,28). The van der Waals surface area contributed by atoms with Crippen LogP contribution in [0.3, 0.4) is 0 Å². The molecule has 1 N–H and O–H groups in total. The number of benzene rings is 2. The Labute approximate surface area is 184 Å². The second-order valence-electron chi connectivity index (χ2n) is 7.90. The number of methoxy groups -OCH3 is 2. The van der Waals surface area contributed by atoms with Gasteiger partial charge in [-0.05, 0) is 60.1 Å². The molecule has 2 aromatic heterocycles. The van der Waals surface area contributed by atoms with E-state index in [0.717, 1.165) is 34.4 Å². The lowest BCUT2D eigenvalue weighted by atomic mass is 9.89. The van der Waals surface area contributed by atoms with E-state index in [-0.39, 0.29) is 5.56 Å². The van der Waals surface area contributed by atoms with Gasteiger partial charge in [0.1, 0.15) is 10.7 Å². The average molecular weight is 433 g/mol. The third-order valence-corrected chi connectivity index (χ3v) is 6.84. The van der Waals surface area contributed by atoms with Gasteiger partial charge < -0.3 is 14.5 Å². The van der Waals surface area contributed by atoms with Crippen LogP contribution in [0.2, 0.25) is 0 Å². The summed E-state index contributed by atoms with van der Waals surface area (Å²) in [5.41, 5.74) is 5.84. The lowest BCUT2D eigenvalue weighted by Crippen LogP contribution is -2.12. The lowest BCUT2D eigenvalue weighted by Gasteiger charge is -2.16. The van der Waals surface area contributed by atoms with Gasteiger partial charge in [-0.1, -0.05) is 24.3 Å². The summed E-state index contributed by atoms with van der Waals surface area (Å²) in [6.07, 6.45) is 5.29. The second kappa shape index (κ2) is 8.19. The topological polar surface area (TPSA) is 64.2 Å². The fourth-order valence-electron chi connectivity index (χ4n) is 4.37. The molecule has 2 aromatic carbocycles. The van der Waals surface area contributed by atoms with Crippen LogP contribution in [0.15, 0.2) is 46.6 Å². The zero-order chi connectivity index (χ0) is 21.4. The van der Waals surface area contributed by atoms with Crippen molar-refractivity contribution < 1.29 is 9.47 Å². The largest absolute Gasteiger partial charge is 0.493 e. The smallest absolute Gasteiger partial charge is 0.260 e. The summed E-state index contributed by atoms with van der Waals surface area (Å²) in [5.74, 6) is 1.98. The first kappa shape index (κ1) is 19.8. The van der Waals surface area contributed by atoms with Gasteiger partial charge in [0.05, 0.1) is 19.6 Å². The summed E-state index contributed by atoms with van der Waals surface area (Å²) in [6.45, 7) is 0. The quantitative estimate of drug-likeness (QED) is 0.474. The number of fused-ring (bicyclic) bond motifs is 2. The average Bonchev–Trinajstić information content (AvgIpc) is 3.23. The number of rotatable bonds is 5. The zero-order valence-electron chi connectivity index (χ0n) is 17.7. The number of ether oxygens (including phenoxy) is 2. The molecule has 6 heteroatoms. The van der Waals surface area contributed by atoms with Gasteiger partial charge in [0, 0.05) is 17.4 Å². The molecular formula is C25H24N2O3S. The number of nitrogens with one attached hydrogen (secondary N) is 1. The summed E-state index contributed by atoms with van der Waals surface area (Å²) in [6, 6.07) is 12.4. The Bertz CT molecular complexity index is 1320. The van der Waals surface area contributed by atoms with Crippen LogP contribution in [0.1, 0.15) is 35.4 Å². The molecule has 1 aliphatic carbocycles. The molecule has 5 nitrogen and oxygen atoms in total. The highest BCUT2D eigenvalue weighted by atomic mass is 32.1. The molecule has 1 aliphatic rings. The van der Waals surface area contributed by atoms with Crippen LogP contribution in [0.4, 0.5) is 0 Å². The van der Waals surface area contributed by atoms with Crippen molar-refractivity contribution in [2.45, 2.75) is 32.1 Å². The highest BCUT2D eigenvalue weighted by molar-refractivity contribution is 7.17. The molecule has 0 saturated heterocycles. The van der Waals surface area contributed by atoms with E-state index in [1.165, 1.54) is 35.3 Å². The third kappa shape index (κ3) is 3.72. The van der Waals surface area contributed by atoms with E-state index in [0.29, 0.717) is 29.1 Å². The van der Waals surface area contributed by atoms with Gasteiger partial charge in [0.25, 0.3) is 5.56 Å². The molecule has 0 bridgehead atoms. The van der Waals surface area contributed by atoms with Crippen LogP contribution < -0.4 is 15.0 Å². The van der Waals surface area contributed by atoms with Crippen molar-refractivity contribution in [2.75, 3.05) is 14.2 Å². The summed E-state index contributed by atoms with van der Waals surface area (Å²) < 4.78 is 10.7. The molecule has 4 aromatic rings. The number of nitrogens with zero attached hydrogens (tertiary/aromatic N) is 1. The van der Waals surface area contributed by atoms with Crippen LogP contribution in [0.25, 0.3) is 21.3 Å². The van der Waals surface area contributed by atoms with Gasteiger partial charge in [-0.25, -0.2) is 4.98 Å². The van der Waals surface area contributed by atoms with Crippen molar-refractivity contribution in [1.82, 2.24) is 9.97 Å². The molecule has 158 valence electrons. The van der Waals surface area contributed by atoms with Crippen LogP contribution in [0, 0.1) is 0 Å². The molecule has 5 rings (SSSR count). The minimum absolute atomic E-state index is 0.0885. The van der Waals surface area contributed by atoms with Crippen LogP contribution >= 0.6 is 11.3 Å². The molecule has 0 unspecified atom stereocenters. The van der Waals surface area contributed by atoms with E-state index >= 15 is 0 Å². The van der Waals surface area contributed by atoms with Gasteiger partial charge in [-0.15, -0.1) is 11.3 Å². The molecule has 31 heavy (non-hydrogen) atoms. The number of H-pyrrole nitrogens is 1. The Hall–Kier alpha value is -3.12. The number of hydrogen-bond acceptors (Lipinski definition) is 5. The Morgan fingerprint density at radius 2 is 1.81 bits per heavy atom. The van der Waals surface area contributed by atoms with Crippen molar-refractivity contribution in [3.05, 3.63) is 74.6 Å². The van der Waals surface area contributed by atoms with Gasteiger partial charge in [0.15, 0.2) is 11.5 Å². The number of thiophene rings is 1. The molecule has 0 saturated carbocycles. The maximum Gasteiger partial charge on any atom is 0.260 e. The van der Waals surface area contributed by atoms with Crippen molar-refractivity contribution in [2.24, 2.45) is 0 Å². The normalized spacial score (nSPS) is 13.2. The third-order valence-electron chi connectivity index (χ3n) is 5.97. The monoisotopic (exact) mass is 432 g/mol. The number of aromatic nitrogens is 2. The number of hydrogen-bond donors (Lipinski definition) is 1. The predicted molar refractivity (Wildman–Crippen MR) is 125 cm³/mol. The molecule has 0 fully saturated rings. The number of aromatic amines is 1.